The number of carbonyl (C=O) groups excluding carboxylic acids is 2. The maximum Gasteiger partial charge on any atom is 0.412 e. The van der Waals surface area contributed by atoms with E-state index in [4.69, 9.17) is 9.47 Å². The van der Waals surface area contributed by atoms with Crippen molar-refractivity contribution in [2.45, 2.75) is 33.3 Å². The first-order valence-electron chi connectivity index (χ1n) is 9.49. The zero-order chi connectivity index (χ0) is 22.6. The molecule has 0 fully saturated rings. The van der Waals surface area contributed by atoms with E-state index in [-0.39, 0.29) is 5.91 Å². The van der Waals surface area contributed by atoms with Crippen molar-refractivity contribution in [2.75, 3.05) is 17.7 Å². The smallest absolute Gasteiger partial charge is 0.412 e. The van der Waals surface area contributed by atoms with Crippen LogP contribution in [-0.4, -0.2) is 44.9 Å². The minimum atomic E-state index is -0.643. The van der Waals surface area contributed by atoms with E-state index in [1.807, 2.05) is 6.92 Å². The van der Waals surface area contributed by atoms with Crippen LogP contribution in [0, 0.1) is 6.92 Å². The summed E-state index contributed by atoms with van der Waals surface area (Å²) in [6, 6.07) is 10.1. The molecular weight excluding hydrogens is 400 g/mol. The van der Waals surface area contributed by atoms with Crippen molar-refractivity contribution in [1.82, 2.24) is 20.2 Å². The van der Waals surface area contributed by atoms with Crippen molar-refractivity contribution >= 4 is 23.4 Å². The van der Waals surface area contributed by atoms with Gasteiger partial charge in [0.15, 0.2) is 0 Å². The topological polar surface area (TPSA) is 120 Å². The molecule has 1 heterocycles. The van der Waals surface area contributed by atoms with Gasteiger partial charge in [0, 0.05) is 11.3 Å². The van der Waals surface area contributed by atoms with Gasteiger partial charge in [-0.15, -0.1) is 5.10 Å². The number of hydrogen-bond acceptors (Lipinski definition) is 7. The maximum absolute atomic E-state index is 12.7. The molecule has 3 rings (SSSR count). The van der Waals surface area contributed by atoms with Gasteiger partial charge in [-0.1, -0.05) is 0 Å². The zero-order valence-corrected chi connectivity index (χ0v) is 18.0. The molecule has 0 unspecified atom stereocenters. The molecular formula is C21H24N6O4. The molecule has 0 aliphatic rings. The molecule has 0 aliphatic heterocycles. The van der Waals surface area contributed by atoms with E-state index in [9.17, 15) is 9.59 Å². The molecule has 0 spiro atoms. The summed E-state index contributed by atoms with van der Waals surface area (Å²) < 4.78 is 12.1. The average molecular weight is 424 g/mol. The first kappa shape index (κ1) is 21.8. The van der Waals surface area contributed by atoms with Gasteiger partial charge in [-0.2, -0.15) is 0 Å². The molecule has 0 saturated carbocycles. The summed E-state index contributed by atoms with van der Waals surface area (Å²) in [5.41, 5.74) is 2.29. The van der Waals surface area contributed by atoms with Crippen LogP contribution in [0.3, 0.4) is 0 Å². The van der Waals surface area contributed by atoms with Gasteiger partial charge in [-0.05, 0) is 80.1 Å². The molecule has 10 nitrogen and oxygen atoms in total. The minimum Gasteiger partial charge on any atom is -0.495 e. The summed E-state index contributed by atoms with van der Waals surface area (Å²) in [4.78, 5) is 24.9. The highest BCUT2D eigenvalue weighted by atomic mass is 16.6. The molecule has 2 aromatic carbocycles. The number of methoxy groups -OCH3 is 1. The summed E-state index contributed by atoms with van der Waals surface area (Å²) in [6.45, 7) is 7.18. The van der Waals surface area contributed by atoms with Crippen LogP contribution in [0.1, 0.15) is 36.7 Å². The SMILES string of the molecule is COc1ccc(NC(=O)c2ccc(-n3cnnn3)c(C)c2)cc1NC(=O)OC(C)(C)C. The summed E-state index contributed by atoms with van der Waals surface area (Å²) in [5, 5.41) is 16.6. The number of rotatable bonds is 5. The van der Waals surface area contributed by atoms with Crippen LogP contribution < -0.4 is 15.4 Å². The molecule has 0 bridgehead atoms. The molecule has 162 valence electrons. The normalized spacial score (nSPS) is 11.0. The number of hydrogen-bond donors (Lipinski definition) is 2. The number of carbonyl (C=O) groups is 2. The number of aromatic nitrogens is 4. The Morgan fingerprint density at radius 3 is 2.45 bits per heavy atom. The quantitative estimate of drug-likeness (QED) is 0.642. The number of nitrogens with one attached hydrogen (secondary N) is 2. The highest BCUT2D eigenvalue weighted by Crippen LogP contribution is 2.29. The van der Waals surface area contributed by atoms with Crippen molar-refractivity contribution < 1.29 is 19.1 Å². The third-order valence-electron chi connectivity index (χ3n) is 4.15. The van der Waals surface area contributed by atoms with Gasteiger partial charge in [0.05, 0.1) is 18.5 Å². The fourth-order valence-electron chi connectivity index (χ4n) is 2.83. The highest BCUT2D eigenvalue weighted by Gasteiger charge is 2.18. The Hall–Kier alpha value is -3.95. The molecule has 2 N–H and O–H groups in total. The van der Waals surface area contributed by atoms with E-state index in [2.05, 4.69) is 26.2 Å². The van der Waals surface area contributed by atoms with E-state index >= 15 is 0 Å². The molecule has 0 atom stereocenters. The van der Waals surface area contributed by atoms with Gasteiger partial charge >= 0.3 is 6.09 Å². The van der Waals surface area contributed by atoms with Crippen LogP contribution in [0.2, 0.25) is 0 Å². The van der Waals surface area contributed by atoms with Crippen molar-refractivity contribution in [3.8, 4) is 11.4 Å². The maximum atomic E-state index is 12.7. The third kappa shape index (κ3) is 5.56. The van der Waals surface area contributed by atoms with Crippen molar-refractivity contribution in [2.24, 2.45) is 0 Å². The van der Waals surface area contributed by atoms with E-state index in [0.717, 1.165) is 11.3 Å². The lowest BCUT2D eigenvalue weighted by Crippen LogP contribution is -2.27. The van der Waals surface area contributed by atoms with Crippen LogP contribution in [0.5, 0.6) is 5.75 Å². The Kier molecular flexibility index (Phi) is 6.19. The lowest BCUT2D eigenvalue weighted by molar-refractivity contribution is 0.0635. The third-order valence-corrected chi connectivity index (χ3v) is 4.15. The number of ether oxygens (including phenoxy) is 2. The Balaban J connectivity index is 1.77. The van der Waals surface area contributed by atoms with Crippen LogP contribution in [0.4, 0.5) is 16.2 Å². The second-order valence-electron chi connectivity index (χ2n) is 7.75. The number of benzene rings is 2. The Bertz CT molecular complexity index is 1090. The van der Waals surface area contributed by atoms with Gasteiger partial charge in [0.1, 0.15) is 17.7 Å². The minimum absolute atomic E-state index is 0.306. The van der Waals surface area contributed by atoms with Gasteiger partial charge in [-0.3, -0.25) is 10.1 Å². The molecule has 2 amide bonds. The van der Waals surface area contributed by atoms with E-state index in [1.54, 1.807) is 57.2 Å². The second-order valence-corrected chi connectivity index (χ2v) is 7.75. The van der Waals surface area contributed by atoms with E-state index in [0.29, 0.717) is 22.7 Å². The summed E-state index contributed by atoms with van der Waals surface area (Å²) in [7, 11) is 1.49. The van der Waals surface area contributed by atoms with Gasteiger partial charge in [0.25, 0.3) is 5.91 Å². The number of anilines is 2. The van der Waals surface area contributed by atoms with E-state index in [1.165, 1.54) is 18.1 Å². The van der Waals surface area contributed by atoms with E-state index < -0.39 is 11.7 Å². The largest absolute Gasteiger partial charge is 0.495 e. The number of tetrazole rings is 1. The van der Waals surface area contributed by atoms with Gasteiger partial charge in [-0.25, -0.2) is 9.48 Å². The first-order chi connectivity index (χ1) is 14.7. The van der Waals surface area contributed by atoms with Crippen LogP contribution >= 0.6 is 0 Å². The predicted molar refractivity (Wildman–Crippen MR) is 115 cm³/mol. The Morgan fingerprint density at radius 2 is 1.84 bits per heavy atom. The van der Waals surface area contributed by atoms with Crippen LogP contribution in [-0.2, 0) is 4.74 Å². The van der Waals surface area contributed by atoms with Gasteiger partial charge < -0.3 is 14.8 Å². The Labute approximate surface area is 179 Å². The van der Waals surface area contributed by atoms with Crippen molar-refractivity contribution in [3.05, 3.63) is 53.9 Å². The molecule has 3 aromatic rings. The Morgan fingerprint density at radius 1 is 1.06 bits per heavy atom. The lowest BCUT2D eigenvalue weighted by atomic mass is 10.1. The average Bonchev–Trinajstić information content (AvgIpc) is 3.21. The number of aryl methyl sites for hydroxylation is 1. The number of nitrogens with zero attached hydrogens (tertiary/aromatic N) is 4. The molecule has 10 heteroatoms. The van der Waals surface area contributed by atoms with Crippen molar-refractivity contribution in [1.29, 1.82) is 0 Å². The van der Waals surface area contributed by atoms with Crippen LogP contribution in [0.15, 0.2) is 42.7 Å². The fourth-order valence-corrected chi connectivity index (χ4v) is 2.83. The van der Waals surface area contributed by atoms with Crippen molar-refractivity contribution in [3.63, 3.8) is 0 Å². The molecule has 0 saturated heterocycles. The molecule has 31 heavy (non-hydrogen) atoms. The fraction of sp³-hybridized carbons (Fsp3) is 0.286. The molecule has 0 aliphatic carbocycles. The predicted octanol–water partition coefficient (Wildman–Crippen LogP) is 3.58. The first-order valence-corrected chi connectivity index (χ1v) is 9.49. The second kappa shape index (κ2) is 8.82. The molecule has 1 aromatic heterocycles. The van der Waals surface area contributed by atoms with Gasteiger partial charge in [0.2, 0.25) is 0 Å². The standard InChI is InChI=1S/C21H24N6O4/c1-13-10-14(6-8-17(13)27-12-22-25-26-27)19(28)23-15-7-9-18(30-5)16(11-15)24-20(29)31-21(2,3)4/h6-12H,1-5H3,(H,23,28)(H,24,29). The zero-order valence-electron chi connectivity index (χ0n) is 18.0. The molecule has 0 radical (unpaired) electrons. The lowest BCUT2D eigenvalue weighted by Gasteiger charge is -2.20. The van der Waals surface area contributed by atoms with Crippen LogP contribution in [0.25, 0.3) is 5.69 Å². The summed E-state index contributed by atoms with van der Waals surface area (Å²) >= 11 is 0. The highest BCUT2D eigenvalue weighted by molar-refractivity contribution is 6.05. The summed E-state index contributed by atoms with van der Waals surface area (Å²) in [5.74, 6) is 0.130. The summed E-state index contributed by atoms with van der Waals surface area (Å²) in [6.07, 6.45) is 0.863. The monoisotopic (exact) mass is 424 g/mol. The number of amides is 2.